The van der Waals surface area contributed by atoms with Crippen LogP contribution >= 0.6 is 11.3 Å². The summed E-state index contributed by atoms with van der Waals surface area (Å²) in [5, 5.41) is 14.2. The number of rotatable bonds is 12. The van der Waals surface area contributed by atoms with Crippen LogP contribution in [0, 0.1) is 26.7 Å². The molecule has 0 spiro atoms. The molecule has 0 unspecified atom stereocenters. The first kappa shape index (κ1) is 26.8. The van der Waals surface area contributed by atoms with Gasteiger partial charge in [-0.25, -0.2) is 0 Å². The van der Waals surface area contributed by atoms with Crippen LogP contribution in [0.4, 0.5) is 0 Å². The van der Waals surface area contributed by atoms with E-state index in [1.54, 1.807) is 11.3 Å². The summed E-state index contributed by atoms with van der Waals surface area (Å²) in [5.74, 6) is 1.91. The molecule has 8 nitrogen and oxygen atoms in total. The minimum atomic E-state index is -0.759. The largest absolute Gasteiger partial charge is 0.490 e. The molecule has 0 aliphatic carbocycles. The third-order valence-electron chi connectivity index (χ3n) is 5.61. The molecule has 35 heavy (non-hydrogen) atoms. The van der Waals surface area contributed by atoms with Gasteiger partial charge in [0.05, 0.1) is 11.0 Å². The van der Waals surface area contributed by atoms with E-state index in [0.717, 1.165) is 34.7 Å². The molecule has 0 aliphatic heterocycles. The summed E-state index contributed by atoms with van der Waals surface area (Å²) in [6.45, 7) is 12.5. The van der Waals surface area contributed by atoms with E-state index in [1.807, 2.05) is 26.0 Å². The van der Waals surface area contributed by atoms with Crippen molar-refractivity contribution in [3.05, 3.63) is 39.8 Å². The van der Waals surface area contributed by atoms with E-state index in [1.165, 1.54) is 10.4 Å². The maximum atomic E-state index is 10.9. The van der Waals surface area contributed by atoms with Gasteiger partial charge in [0.2, 0.25) is 11.7 Å². The Balaban J connectivity index is 1.72. The highest BCUT2D eigenvalue weighted by Crippen LogP contribution is 2.34. The molecule has 2 heterocycles. The quantitative estimate of drug-likeness (QED) is 0.377. The fourth-order valence-electron chi connectivity index (χ4n) is 4.03. The predicted octanol–water partition coefficient (Wildman–Crippen LogP) is 4.48. The monoisotopic (exact) mass is 500 g/mol. The fraction of sp³-hybridized carbons (Fsp3) is 0.500. The number of carbonyl (C=O) groups excluding carboxylic acids is 1. The fourth-order valence-corrected chi connectivity index (χ4v) is 5.21. The zero-order valence-corrected chi connectivity index (χ0v) is 22.2. The molecule has 0 saturated carbocycles. The van der Waals surface area contributed by atoms with Gasteiger partial charge < -0.3 is 25.0 Å². The number of nitrogens with two attached hydrogens (primary N) is 1. The molecule has 0 saturated heterocycles. The van der Waals surface area contributed by atoms with Crippen molar-refractivity contribution in [2.75, 3.05) is 20.2 Å². The summed E-state index contributed by atoms with van der Waals surface area (Å²) in [5.41, 5.74) is 9.00. The number of primary amides is 1. The Morgan fingerprint density at radius 3 is 2.51 bits per heavy atom. The number of benzene rings is 1. The van der Waals surface area contributed by atoms with Gasteiger partial charge in [0.1, 0.15) is 12.4 Å². The van der Waals surface area contributed by atoms with Crippen molar-refractivity contribution in [3.8, 4) is 27.9 Å². The van der Waals surface area contributed by atoms with Crippen LogP contribution in [0.2, 0.25) is 0 Å². The van der Waals surface area contributed by atoms with Crippen molar-refractivity contribution >= 4 is 17.2 Å². The number of ether oxygens (including phenoxy) is 1. The molecule has 3 aromatic rings. The lowest BCUT2D eigenvalue weighted by atomic mass is 10.1. The number of aliphatic hydroxyl groups is 1. The van der Waals surface area contributed by atoms with Crippen LogP contribution in [0.5, 0.6) is 5.75 Å². The van der Waals surface area contributed by atoms with E-state index in [4.69, 9.17) is 15.0 Å². The van der Waals surface area contributed by atoms with Crippen molar-refractivity contribution in [1.29, 1.82) is 0 Å². The first-order chi connectivity index (χ1) is 16.5. The number of carbonyl (C=O) groups is 1. The van der Waals surface area contributed by atoms with E-state index in [9.17, 15) is 9.90 Å². The third-order valence-corrected chi connectivity index (χ3v) is 6.82. The molecule has 9 heteroatoms. The maximum Gasteiger partial charge on any atom is 0.268 e. The van der Waals surface area contributed by atoms with E-state index in [0.29, 0.717) is 23.4 Å². The number of amides is 1. The smallest absolute Gasteiger partial charge is 0.268 e. The van der Waals surface area contributed by atoms with Crippen LogP contribution in [-0.4, -0.2) is 52.4 Å². The molecule has 3 rings (SSSR count). The Morgan fingerprint density at radius 2 is 1.89 bits per heavy atom. The van der Waals surface area contributed by atoms with Gasteiger partial charge in [-0.3, -0.25) is 4.79 Å². The molecular formula is C26H36N4O4S. The molecule has 0 bridgehead atoms. The van der Waals surface area contributed by atoms with Gasteiger partial charge in [0.15, 0.2) is 0 Å². The highest BCUT2D eigenvalue weighted by atomic mass is 32.1. The van der Waals surface area contributed by atoms with Crippen LogP contribution in [0.15, 0.2) is 22.7 Å². The summed E-state index contributed by atoms with van der Waals surface area (Å²) >= 11 is 1.69. The minimum Gasteiger partial charge on any atom is -0.490 e. The van der Waals surface area contributed by atoms with Crippen LogP contribution in [0.3, 0.4) is 0 Å². The van der Waals surface area contributed by atoms with Gasteiger partial charge in [0.25, 0.3) is 5.89 Å². The second-order valence-electron chi connectivity index (χ2n) is 9.64. The maximum absolute atomic E-state index is 10.9. The first-order valence-corrected chi connectivity index (χ1v) is 12.7. The molecular weight excluding hydrogens is 464 g/mol. The lowest BCUT2D eigenvalue weighted by molar-refractivity contribution is -0.118. The number of hydrogen-bond donors (Lipinski definition) is 2. The number of hydrogen-bond acceptors (Lipinski definition) is 8. The second-order valence-corrected chi connectivity index (χ2v) is 10.8. The highest BCUT2D eigenvalue weighted by Gasteiger charge is 2.18. The van der Waals surface area contributed by atoms with Gasteiger partial charge in [0, 0.05) is 30.0 Å². The Bertz CT molecular complexity index is 1130. The van der Waals surface area contributed by atoms with Gasteiger partial charge in [-0.15, -0.1) is 11.3 Å². The van der Waals surface area contributed by atoms with Crippen molar-refractivity contribution in [3.63, 3.8) is 0 Å². The Hall–Kier alpha value is -2.75. The molecule has 2 aromatic heterocycles. The Kier molecular flexibility index (Phi) is 9.04. The van der Waals surface area contributed by atoms with Crippen LogP contribution in [-0.2, 0) is 11.3 Å². The van der Waals surface area contributed by atoms with E-state index < -0.39 is 12.0 Å². The molecule has 0 aliphatic rings. The summed E-state index contributed by atoms with van der Waals surface area (Å²) in [6, 6.07) is 5.99. The summed E-state index contributed by atoms with van der Waals surface area (Å²) in [4.78, 5) is 20.1. The average Bonchev–Trinajstić information content (AvgIpc) is 3.38. The minimum absolute atomic E-state index is 0.0904. The zero-order valence-electron chi connectivity index (χ0n) is 21.4. The van der Waals surface area contributed by atoms with E-state index in [2.05, 4.69) is 48.9 Å². The average molecular weight is 501 g/mol. The normalized spacial score (nSPS) is 12.5. The van der Waals surface area contributed by atoms with Gasteiger partial charge in [-0.1, -0.05) is 19.0 Å². The molecule has 0 radical (unpaired) electrons. The van der Waals surface area contributed by atoms with E-state index >= 15 is 0 Å². The third kappa shape index (κ3) is 7.37. The van der Waals surface area contributed by atoms with Crippen molar-refractivity contribution in [2.45, 2.75) is 60.1 Å². The summed E-state index contributed by atoms with van der Waals surface area (Å²) in [6.07, 6.45) is -0.360. The number of thiophene rings is 1. The first-order valence-electron chi connectivity index (χ1n) is 11.9. The van der Waals surface area contributed by atoms with Crippen molar-refractivity contribution < 1.29 is 19.2 Å². The summed E-state index contributed by atoms with van der Waals surface area (Å²) in [7, 11) is 2.14. The van der Waals surface area contributed by atoms with E-state index in [-0.39, 0.29) is 19.4 Å². The number of aliphatic hydroxyl groups excluding tert-OH is 1. The molecule has 3 N–H and O–H groups in total. The number of aromatic nitrogens is 2. The molecule has 1 amide bonds. The molecule has 1 aromatic carbocycles. The molecule has 0 fully saturated rings. The highest BCUT2D eigenvalue weighted by molar-refractivity contribution is 7.15. The zero-order chi connectivity index (χ0) is 25.7. The van der Waals surface area contributed by atoms with Gasteiger partial charge in [-0.2, -0.15) is 4.98 Å². The van der Waals surface area contributed by atoms with Crippen molar-refractivity contribution in [2.24, 2.45) is 11.7 Å². The standard InChI is InChI=1S/C26H36N4O4S/c1-15(2)12-30(6)13-22-16(3)11-21(35-22)26-28-25(29-34-26)19-9-17(4)24(18(5)10-19)33-14-20(31)7-8-23(27)32/h9-11,15,20,31H,7-8,12-14H2,1-6H3,(H2,27,32)/t20-/m0/s1. The Morgan fingerprint density at radius 1 is 1.20 bits per heavy atom. The van der Waals surface area contributed by atoms with Crippen LogP contribution in [0.25, 0.3) is 22.2 Å². The Labute approximate surface area is 211 Å². The number of aryl methyl sites for hydroxylation is 3. The van der Waals surface area contributed by atoms with Crippen molar-refractivity contribution in [1.82, 2.24) is 15.0 Å². The van der Waals surface area contributed by atoms with Gasteiger partial charge in [-0.05, 0) is 75.0 Å². The van der Waals surface area contributed by atoms with Crippen LogP contribution < -0.4 is 10.5 Å². The predicted molar refractivity (Wildman–Crippen MR) is 138 cm³/mol. The lowest BCUT2D eigenvalue weighted by Crippen LogP contribution is -2.22. The topological polar surface area (TPSA) is 115 Å². The van der Waals surface area contributed by atoms with Crippen LogP contribution in [0.1, 0.15) is 48.3 Å². The summed E-state index contributed by atoms with van der Waals surface area (Å²) < 4.78 is 11.4. The lowest BCUT2D eigenvalue weighted by Gasteiger charge is -2.18. The molecule has 1 atom stereocenters. The van der Waals surface area contributed by atoms with Gasteiger partial charge >= 0.3 is 0 Å². The molecule has 190 valence electrons. The number of nitrogens with zero attached hydrogens (tertiary/aromatic N) is 3. The second kappa shape index (κ2) is 11.8. The SMILES string of the molecule is Cc1cc(-c2nc(-c3cc(C)c(OC[C@@H](O)CCC(N)=O)c(C)c3)no2)sc1CN(C)CC(C)C.